The maximum absolute atomic E-state index is 11.6. The third-order valence-corrected chi connectivity index (χ3v) is 4.21. The van der Waals surface area contributed by atoms with E-state index in [1.165, 1.54) is 22.5 Å². The number of aromatic nitrogens is 1. The standard InChI is InChI=1S/C16H17N3O2S/c1-2-21-15(20)14-10-22-16(17-14)19-18-13-9-5-7-11-6-3-4-8-12(11)13/h3-4,6,8,10H,2,5,7,9H2,1H3,(H,17,19). The molecule has 1 aromatic carbocycles. The number of nitrogens with one attached hydrogen (secondary N) is 1. The molecule has 114 valence electrons. The normalized spacial score (nSPS) is 15.4. The zero-order chi connectivity index (χ0) is 15.4. The predicted molar refractivity (Wildman–Crippen MR) is 87.6 cm³/mol. The molecule has 0 fully saturated rings. The SMILES string of the molecule is CCOC(=O)c1csc(NN=C2CCCc3ccccc32)n1. The first-order valence-electron chi connectivity index (χ1n) is 7.31. The lowest BCUT2D eigenvalue weighted by molar-refractivity contribution is 0.0520. The summed E-state index contributed by atoms with van der Waals surface area (Å²) in [5.74, 6) is -0.400. The Morgan fingerprint density at radius 1 is 1.41 bits per heavy atom. The maximum atomic E-state index is 11.6. The van der Waals surface area contributed by atoms with Gasteiger partial charge in [0.05, 0.1) is 12.3 Å². The lowest BCUT2D eigenvalue weighted by Crippen LogP contribution is -2.13. The minimum Gasteiger partial charge on any atom is -0.461 e. The molecule has 1 N–H and O–H groups in total. The van der Waals surface area contributed by atoms with Crippen LogP contribution in [-0.2, 0) is 11.2 Å². The molecule has 22 heavy (non-hydrogen) atoms. The first-order valence-corrected chi connectivity index (χ1v) is 8.19. The molecule has 0 bridgehead atoms. The molecule has 0 saturated carbocycles. The van der Waals surface area contributed by atoms with Crippen molar-refractivity contribution in [2.24, 2.45) is 5.10 Å². The Kier molecular flexibility index (Phi) is 4.48. The average Bonchev–Trinajstić information content (AvgIpc) is 3.02. The van der Waals surface area contributed by atoms with Crippen LogP contribution < -0.4 is 5.43 Å². The number of rotatable bonds is 4. The van der Waals surface area contributed by atoms with Crippen molar-refractivity contribution in [3.8, 4) is 0 Å². The minimum absolute atomic E-state index is 0.318. The number of hydrogen-bond donors (Lipinski definition) is 1. The smallest absolute Gasteiger partial charge is 0.357 e. The van der Waals surface area contributed by atoms with Crippen LogP contribution in [0.15, 0.2) is 34.7 Å². The zero-order valence-corrected chi connectivity index (χ0v) is 13.2. The number of carbonyl (C=O) groups excluding carboxylic acids is 1. The second kappa shape index (κ2) is 6.70. The van der Waals surface area contributed by atoms with Gasteiger partial charge >= 0.3 is 5.97 Å². The minimum atomic E-state index is -0.400. The number of aryl methyl sites for hydroxylation is 1. The summed E-state index contributed by atoms with van der Waals surface area (Å²) in [5, 5.41) is 6.75. The third-order valence-electron chi connectivity index (χ3n) is 3.46. The third kappa shape index (κ3) is 3.17. The molecule has 0 aliphatic heterocycles. The van der Waals surface area contributed by atoms with Gasteiger partial charge in [-0.2, -0.15) is 5.10 Å². The van der Waals surface area contributed by atoms with Crippen molar-refractivity contribution < 1.29 is 9.53 Å². The van der Waals surface area contributed by atoms with Crippen molar-refractivity contribution >= 4 is 28.1 Å². The second-order valence-corrected chi connectivity index (χ2v) is 5.80. The summed E-state index contributed by atoms with van der Waals surface area (Å²) in [5.41, 5.74) is 6.85. The van der Waals surface area contributed by atoms with Gasteiger partial charge in [0.15, 0.2) is 5.69 Å². The van der Waals surface area contributed by atoms with Gasteiger partial charge in [0.2, 0.25) is 5.13 Å². The fourth-order valence-electron chi connectivity index (χ4n) is 2.46. The van der Waals surface area contributed by atoms with Gasteiger partial charge < -0.3 is 4.74 Å². The van der Waals surface area contributed by atoms with E-state index in [4.69, 9.17) is 4.74 Å². The summed E-state index contributed by atoms with van der Waals surface area (Å²) < 4.78 is 4.92. The monoisotopic (exact) mass is 315 g/mol. The summed E-state index contributed by atoms with van der Waals surface area (Å²) >= 11 is 1.34. The molecule has 0 spiro atoms. The Morgan fingerprint density at radius 2 is 2.27 bits per heavy atom. The number of hydrazone groups is 1. The number of esters is 1. The van der Waals surface area contributed by atoms with Crippen LogP contribution in [0.5, 0.6) is 0 Å². The highest BCUT2D eigenvalue weighted by Gasteiger charge is 2.15. The van der Waals surface area contributed by atoms with E-state index in [9.17, 15) is 4.79 Å². The van der Waals surface area contributed by atoms with Crippen molar-refractivity contribution in [3.63, 3.8) is 0 Å². The lowest BCUT2D eigenvalue weighted by atomic mass is 9.90. The van der Waals surface area contributed by atoms with Crippen LogP contribution in [0, 0.1) is 0 Å². The van der Waals surface area contributed by atoms with E-state index >= 15 is 0 Å². The molecule has 3 rings (SSSR count). The molecular weight excluding hydrogens is 298 g/mol. The fraction of sp³-hybridized carbons (Fsp3) is 0.312. The lowest BCUT2D eigenvalue weighted by Gasteiger charge is -2.17. The number of carbonyl (C=O) groups is 1. The molecule has 1 aromatic heterocycles. The van der Waals surface area contributed by atoms with E-state index in [1.807, 2.05) is 6.07 Å². The van der Waals surface area contributed by atoms with Gasteiger partial charge in [-0.15, -0.1) is 11.3 Å². The van der Waals surface area contributed by atoms with Crippen LogP contribution in [0.2, 0.25) is 0 Å². The van der Waals surface area contributed by atoms with Gasteiger partial charge in [-0.05, 0) is 31.7 Å². The van der Waals surface area contributed by atoms with E-state index in [2.05, 4.69) is 33.7 Å². The highest BCUT2D eigenvalue weighted by Crippen LogP contribution is 2.22. The predicted octanol–water partition coefficient (Wildman–Crippen LogP) is 3.47. The Morgan fingerprint density at radius 3 is 3.14 bits per heavy atom. The molecule has 1 aliphatic rings. The first-order chi connectivity index (χ1) is 10.8. The van der Waals surface area contributed by atoms with E-state index in [-0.39, 0.29) is 0 Å². The number of ether oxygens (including phenoxy) is 1. The van der Waals surface area contributed by atoms with Gasteiger partial charge in [-0.1, -0.05) is 24.3 Å². The molecule has 5 nitrogen and oxygen atoms in total. The Labute approximate surface area is 133 Å². The summed E-state index contributed by atoms with van der Waals surface area (Å²) in [6.07, 6.45) is 3.14. The van der Waals surface area contributed by atoms with Gasteiger partial charge in [0.1, 0.15) is 0 Å². The highest BCUT2D eigenvalue weighted by atomic mass is 32.1. The van der Waals surface area contributed by atoms with E-state index in [1.54, 1.807) is 12.3 Å². The summed E-state index contributed by atoms with van der Waals surface area (Å²) in [6, 6.07) is 8.33. The van der Waals surface area contributed by atoms with Crippen LogP contribution in [0.1, 0.15) is 41.4 Å². The fourth-order valence-corrected chi connectivity index (χ4v) is 3.08. The number of anilines is 1. The molecule has 0 radical (unpaired) electrons. The Hall–Kier alpha value is -2.21. The van der Waals surface area contributed by atoms with Crippen molar-refractivity contribution in [3.05, 3.63) is 46.5 Å². The van der Waals surface area contributed by atoms with Crippen molar-refractivity contribution in [2.75, 3.05) is 12.0 Å². The molecule has 0 atom stereocenters. The van der Waals surface area contributed by atoms with Crippen molar-refractivity contribution in [1.82, 2.24) is 4.98 Å². The Balaban J connectivity index is 1.74. The molecule has 1 heterocycles. The molecule has 2 aromatic rings. The average molecular weight is 315 g/mol. The highest BCUT2D eigenvalue weighted by molar-refractivity contribution is 7.13. The molecule has 1 aliphatic carbocycles. The van der Waals surface area contributed by atoms with Crippen LogP contribution >= 0.6 is 11.3 Å². The van der Waals surface area contributed by atoms with E-state index < -0.39 is 5.97 Å². The van der Waals surface area contributed by atoms with Gasteiger partial charge in [0, 0.05) is 10.9 Å². The van der Waals surface area contributed by atoms with E-state index in [0.717, 1.165) is 25.0 Å². The number of hydrogen-bond acceptors (Lipinski definition) is 6. The summed E-state index contributed by atoms with van der Waals surface area (Å²) in [4.78, 5) is 15.8. The van der Waals surface area contributed by atoms with Gasteiger partial charge in [0.25, 0.3) is 0 Å². The van der Waals surface area contributed by atoms with Crippen LogP contribution in [-0.4, -0.2) is 23.3 Å². The van der Waals surface area contributed by atoms with Crippen molar-refractivity contribution in [2.45, 2.75) is 26.2 Å². The quantitative estimate of drug-likeness (QED) is 0.693. The summed E-state index contributed by atoms with van der Waals surface area (Å²) in [7, 11) is 0. The van der Waals surface area contributed by atoms with Crippen LogP contribution in [0.3, 0.4) is 0 Å². The number of benzene rings is 1. The first kappa shape index (κ1) is 14.7. The van der Waals surface area contributed by atoms with Crippen LogP contribution in [0.4, 0.5) is 5.13 Å². The molecule has 0 amide bonds. The number of nitrogens with zero attached hydrogens (tertiary/aromatic N) is 2. The molecular formula is C16H17N3O2S. The van der Waals surface area contributed by atoms with Crippen molar-refractivity contribution in [1.29, 1.82) is 0 Å². The largest absolute Gasteiger partial charge is 0.461 e. The number of fused-ring (bicyclic) bond motifs is 1. The molecule has 0 unspecified atom stereocenters. The molecule has 0 saturated heterocycles. The van der Waals surface area contributed by atoms with Crippen LogP contribution in [0.25, 0.3) is 0 Å². The topological polar surface area (TPSA) is 63.6 Å². The molecule has 6 heteroatoms. The van der Waals surface area contributed by atoms with Gasteiger partial charge in [-0.3, -0.25) is 5.43 Å². The van der Waals surface area contributed by atoms with E-state index in [0.29, 0.717) is 17.4 Å². The maximum Gasteiger partial charge on any atom is 0.357 e. The summed E-state index contributed by atoms with van der Waals surface area (Å²) in [6.45, 7) is 2.12. The Bertz CT molecular complexity index is 709. The zero-order valence-electron chi connectivity index (χ0n) is 12.3. The second-order valence-electron chi connectivity index (χ2n) is 4.94. The number of thiazole rings is 1. The van der Waals surface area contributed by atoms with Gasteiger partial charge in [-0.25, -0.2) is 9.78 Å².